The lowest BCUT2D eigenvalue weighted by atomic mass is 9.99. The van der Waals surface area contributed by atoms with Gasteiger partial charge in [0.05, 0.1) is 24.2 Å². The number of nitrogens with one attached hydrogen (secondary N) is 1. The Kier molecular flexibility index (Phi) is 8.16. The van der Waals surface area contributed by atoms with Gasteiger partial charge in [0.2, 0.25) is 5.91 Å². The highest BCUT2D eigenvalue weighted by atomic mass is 16.5. The molecule has 1 heterocycles. The SMILES string of the molecule is COCCNC(=O)CCc1c(C)c2c(OCCOC)ccc(C=O)c2oc1=O. The van der Waals surface area contributed by atoms with Crippen LogP contribution in [0.5, 0.6) is 5.75 Å². The van der Waals surface area contributed by atoms with Crippen molar-refractivity contribution < 1.29 is 28.2 Å². The number of aldehydes is 1. The summed E-state index contributed by atoms with van der Waals surface area (Å²) < 4.78 is 21.0. The van der Waals surface area contributed by atoms with Gasteiger partial charge in [-0.1, -0.05) is 0 Å². The number of hydrogen-bond acceptors (Lipinski definition) is 7. The van der Waals surface area contributed by atoms with E-state index in [1.165, 1.54) is 0 Å². The lowest BCUT2D eigenvalue weighted by Crippen LogP contribution is -2.27. The third kappa shape index (κ3) is 5.17. The van der Waals surface area contributed by atoms with E-state index in [-0.39, 0.29) is 29.9 Å². The molecule has 1 amide bonds. The Morgan fingerprint density at radius 3 is 2.61 bits per heavy atom. The molecule has 2 aromatic rings. The molecule has 152 valence electrons. The van der Waals surface area contributed by atoms with Gasteiger partial charge in [-0.2, -0.15) is 0 Å². The van der Waals surface area contributed by atoms with Crippen molar-refractivity contribution >= 4 is 23.2 Å². The van der Waals surface area contributed by atoms with Crippen LogP contribution in [0.25, 0.3) is 11.0 Å². The van der Waals surface area contributed by atoms with Gasteiger partial charge >= 0.3 is 5.63 Å². The van der Waals surface area contributed by atoms with Gasteiger partial charge < -0.3 is 23.9 Å². The number of benzene rings is 1. The quantitative estimate of drug-likeness (QED) is 0.353. The second-order valence-corrected chi connectivity index (χ2v) is 6.15. The van der Waals surface area contributed by atoms with Crippen molar-refractivity contribution in [3.05, 3.63) is 39.2 Å². The fraction of sp³-hybridized carbons (Fsp3) is 0.450. The van der Waals surface area contributed by atoms with Gasteiger partial charge in [-0.05, 0) is 31.0 Å². The van der Waals surface area contributed by atoms with E-state index in [4.69, 9.17) is 18.6 Å². The molecule has 0 aliphatic heterocycles. The van der Waals surface area contributed by atoms with Crippen LogP contribution in [0.4, 0.5) is 0 Å². The van der Waals surface area contributed by atoms with Crippen molar-refractivity contribution in [3.63, 3.8) is 0 Å². The monoisotopic (exact) mass is 391 g/mol. The van der Waals surface area contributed by atoms with E-state index in [0.717, 1.165) is 0 Å². The molecule has 8 nitrogen and oxygen atoms in total. The Hall–Kier alpha value is -2.71. The molecule has 0 bridgehead atoms. The zero-order valence-corrected chi connectivity index (χ0v) is 16.3. The molecule has 0 spiro atoms. The topological polar surface area (TPSA) is 104 Å². The minimum Gasteiger partial charge on any atom is -0.490 e. The van der Waals surface area contributed by atoms with Crippen LogP contribution in [0.1, 0.15) is 27.9 Å². The van der Waals surface area contributed by atoms with E-state index < -0.39 is 5.63 Å². The summed E-state index contributed by atoms with van der Waals surface area (Å²) in [4.78, 5) is 35.8. The van der Waals surface area contributed by atoms with Crippen LogP contribution in [0, 0.1) is 6.92 Å². The van der Waals surface area contributed by atoms with Crippen LogP contribution in [0.2, 0.25) is 0 Å². The molecule has 8 heteroatoms. The van der Waals surface area contributed by atoms with Gasteiger partial charge in [0.25, 0.3) is 0 Å². The van der Waals surface area contributed by atoms with Crippen molar-refractivity contribution in [1.82, 2.24) is 5.32 Å². The summed E-state index contributed by atoms with van der Waals surface area (Å²) in [5, 5.41) is 3.26. The van der Waals surface area contributed by atoms with E-state index in [2.05, 4.69) is 5.32 Å². The Bertz CT molecular complexity index is 888. The number of aryl methyl sites for hydroxylation is 1. The number of rotatable bonds is 11. The highest BCUT2D eigenvalue weighted by Gasteiger charge is 2.18. The van der Waals surface area contributed by atoms with Crippen molar-refractivity contribution in [1.29, 1.82) is 0 Å². The molecule has 1 aromatic carbocycles. The van der Waals surface area contributed by atoms with Crippen LogP contribution in [0.15, 0.2) is 21.3 Å². The molecular weight excluding hydrogens is 366 g/mol. The highest BCUT2D eigenvalue weighted by Crippen LogP contribution is 2.31. The van der Waals surface area contributed by atoms with Crippen molar-refractivity contribution in [2.75, 3.05) is 40.6 Å². The normalized spacial score (nSPS) is 10.8. The van der Waals surface area contributed by atoms with Crippen LogP contribution in [-0.4, -0.2) is 52.8 Å². The molecule has 0 unspecified atom stereocenters. The van der Waals surface area contributed by atoms with Gasteiger partial charge in [-0.3, -0.25) is 9.59 Å². The summed E-state index contributed by atoms with van der Waals surface area (Å²) in [6, 6.07) is 3.21. The van der Waals surface area contributed by atoms with Gasteiger partial charge in [-0.25, -0.2) is 4.79 Å². The van der Waals surface area contributed by atoms with Gasteiger partial charge in [-0.15, -0.1) is 0 Å². The summed E-state index contributed by atoms with van der Waals surface area (Å²) >= 11 is 0. The average Bonchev–Trinajstić information content (AvgIpc) is 2.68. The number of hydrogen-bond donors (Lipinski definition) is 1. The third-order valence-corrected chi connectivity index (χ3v) is 4.32. The van der Waals surface area contributed by atoms with Gasteiger partial charge in [0.15, 0.2) is 11.9 Å². The Morgan fingerprint density at radius 1 is 1.18 bits per heavy atom. The van der Waals surface area contributed by atoms with E-state index in [1.807, 2.05) is 0 Å². The molecule has 28 heavy (non-hydrogen) atoms. The van der Waals surface area contributed by atoms with Crippen molar-refractivity contribution in [2.24, 2.45) is 0 Å². The van der Waals surface area contributed by atoms with Gasteiger partial charge in [0, 0.05) is 32.7 Å². The number of amides is 1. The first-order valence-electron chi connectivity index (χ1n) is 8.95. The maximum Gasteiger partial charge on any atom is 0.339 e. The second-order valence-electron chi connectivity index (χ2n) is 6.15. The van der Waals surface area contributed by atoms with Gasteiger partial charge in [0.1, 0.15) is 12.4 Å². The fourth-order valence-corrected chi connectivity index (χ4v) is 2.86. The predicted octanol–water partition coefficient (Wildman–Crippen LogP) is 1.63. The molecule has 0 saturated heterocycles. The van der Waals surface area contributed by atoms with E-state index in [9.17, 15) is 14.4 Å². The number of carbonyl (C=O) groups excluding carboxylic acids is 2. The maximum atomic E-state index is 12.5. The largest absolute Gasteiger partial charge is 0.490 e. The molecule has 1 aromatic heterocycles. The summed E-state index contributed by atoms with van der Waals surface area (Å²) in [6.45, 7) is 3.28. The molecule has 2 rings (SSSR count). The lowest BCUT2D eigenvalue weighted by Gasteiger charge is -2.14. The molecule has 1 N–H and O–H groups in total. The minimum atomic E-state index is -0.563. The number of ether oxygens (including phenoxy) is 3. The van der Waals surface area contributed by atoms with Crippen LogP contribution >= 0.6 is 0 Å². The van der Waals surface area contributed by atoms with Crippen molar-refractivity contribution in [2.45, 2.75) is 19.8 Å². The predicted molar refractivity (Wildman–Crippen MR) is 103 cm³/mol. The van der Waals surface area contributed by atoms with E-state index >= 15 is 0 Å². The molecule has 0 aliphatic rings. The molecule has 0 atom stereocenters. The van der Waals surface area contributed by atoms with E-state index in [0.29, 0.717) is 54.9 Å². The molecular formula is C20H25NO7. The second kappa shape index (κ2) is 10.6. The van der Waals surface area contributed by atoms with Crippen LogP contribution in [-0.2, 0) is 20.7 Å². The summed E-state index contributed by atoms with van der Waals surface area (Å²) in [5.41, 5.74) is 0.895. The van der Waals surface area contributed by atoms with E-state index in [1.54, 1.807) is 33.3 Å². The Balaban J connectivity index is 2.36. The maximum absolute atomic E-state index is 12.5. The smallest absolute Gasteiger partial charge is 0.339 e. The Morgan fingerprint density at radius 2 is 1.93 bits per heavy atom. The minimum absolute atomic E-state index is 0.133. The summed E-state index contributed by atoms with van der Waals surface area (Å²) in [7, 11) is 3.12. The first-order valence-corrected chi connectivity index (χ1v) is 8.95. The Labute approximate surface area is 162 Å². The molecule has 0 saturated carbocycles. The molecule has 0 radical (unpaired) electrons. The number of carbonyl (C=O) groups is 2. The lowest BCUT2D eigenvalue weighted by molar-refractivity contribution is -0.121. The van der Waals surface area contributed by atoms with Crippen LogP contribution in [0.3, 0.4) is 0 Å². The molecule has 0 aliphatic carbocycles. The van der Waals surface area contributed by atoms with Crippen LogP contribution < -0.4 is 15.7 Å². The number of methoxy groups -OCH3 is 2. The standard InChI is InChI=1S/C20H25NO7/c1-13-15(5-7-17(23)21-8-9-25-2)20(24)28-19-14(12-22)4-6-16(18(13)19)27-11-10-26-3/h4,6,12H,5,7-11H2,1-3H3,(H,21,23). The van der Waals surface area contributed by atoms with Crippen molar-refractivity contribution in [3.8, 4) is 5.75 Å². The third-order valence-electron chi connectivity index (χ3n) is 4.32. The summed E-state index contributed by atoms with van der Waals surface area (Å²) in [6.07, 6.45) is 0.979. The first-order chi connectivity index (χ1) is 13.5. The zero-order valence-electron chi connectivity index (χ0n) is 16.3. The number of fused-ring (bicyclic) bond motifs is 1. The highest BCUT2D eigenvalue weighted by molar-refractivity contribution is 5.99. The fourth-order valence-electron chi connectivity index (χ4n) is 2.86. The summed E-state index contributed by atoms with van der Waals surface area (Å²) in [5.74, 6) is 0.304. The molecule has 0 fully saturated rings. The average molecular weight is 391 g/mol. The zero-order chi connectivity index (χ0) is 20.5. The first kappa shape index (κ1) is 21.6.